The number of carbonyl (C=O) groups excluding carboxylic acids is 3. The smallest absolute Gasteiger partial charge is 0.338 e. The van der Waals surface area contributed by atoms with Crippen LogP contribution in [0.1, 0.15) is 55.8 Å². The van der Waals surface area contributed by atoms with Crippen molar-refractivity contribution in [3.8, 4) is 0 Å². The van der Waals surface area contributed by atoms with E-state index in [1.807, 2.05) is 0 Å². The minimum absolute atomic E-state index is 0.0827. The molecule has 0 N–H and O–H groups in total. The summed E-state index contributed by atoms with van der Waals surface area (Å²) in [6, 6.07) is 6.72. The normalized spacial score (nSPS) is 29.3. The Hall–Kier alpha value is -2.17. The maximum atomic E-state index is 12.9. The lowest BCUT2D eigenvalue weighted by atomic mass is 9.81. The predicted molar refractivity (Wildman–Crippen MR) is 96.6 cm³/mol. The first-order valence-electron chi connectivity index (χ1n) is 9.76. The van der Waals surface area contributed by atoms with E-state index in [2.05, 4.69) is 6.92 Å². The molecule has 0 spiro atoms. The molecule has 1 aromatic carbocycles. The Morgan fingerprint density at radius 1 is 1.12 bits per heavy atom. The number of esters is 1. The number of imide groups is 1. The average molecular weight is 355 g/mol. The van der Waals surface area contributed by atoms with E-state index in [1.165, 1.54) is 4.90 Å². The summed E-state index contributed by atoms with van der Waals surface area (Å²) in [5, 5.41) is 0. The lowest BCUT2D eigenvalue weighted by Crippen LogP contribution is -2.32. The van der Waals surface area contributed by atoms with Crippen LogP contribution in [0, 0.1) is 23.7 Å². The molecule has 2 saturated carbocycles. The van der Waals surface area contributed by atoms with Crippen LogP contribution in [0.5, 0.6) is 0 Å². The molecule has 5 nitrogen and oxygen atoms in total. The molecule has 5 heteroatoms. The molecule has 2 bridgehead atoms. The highest BCUT2D eigenvalue weighted by molar-refractivity contribution is 6.22. The molecule has 2 amide bonds. The standard InChI is InChI=1S/C21H25NO4/c1-2-3-4-10-26-21(25)15-6-5-7-16(12-15)22-19(23)17-13-8-9-14(11-13)18(17)20(22)24/h5-7,12-14,17-18H,2-4,8-11H2,1H3/t13-,14-,17-,18+/m0/s1. The van der Waals surface area contributed by atoms with Gasteiger partial charge in [-0.3, -0.25) is 14.5 Å². The number of hydrogen-bond donors (Lipinski definition) is 0. The number of amides is 2. The molecule has 1 aliphatic heterocycles. The summed E-state index contributed by atoms with van der Waals surface area (Å²) in [6.07, 6.45) is 6.07. The SMILES string of the molecule is CCCCCOC(=O)c1cccc(N2C(=O)[C@@H]3[C@H]4CC[C@@H](C4)[C@@H]3C2=O)c1. The molecule has 2 aliphatic carbocycles. The molecule has 4 rings (SSSR count). The Morgan fingerprint density at radius 2 is 1.81 bits per heavy atom. The molecule has 26 heavy (non-hydrogen) atoms. The summed E-state index contributed by atoms with van der Waals surface area (Å²) in [7, 11) is 0. The molecule has 1 heterocycles. The molecule has 0 aromatic heterocycles. The highest BCUT2D eigenvalue weighted by atomic mass is 16.5. The average Bonchev–Trinajstić information content (AvgIpc) is 3.32. The minimum Gasteiger partial charge on any atom is -0.462 e. The van der Waals surface area contributed by atoms with Gasteiger partial charge in [0.05, 0.1) is 29.7 Å². The summed E-state index contributed by atoms with van der Waals surface area (Å²) in [5.41, 5.74) is 0.886. The highest BCUT2D eigenvalue weighted by Crippen LogP contribution is 2.56. The van der Waals surface area contributed by atoms with Crippen LogP contribution in [-0.2, 0) is 14.3 Å². The highest BCUT2D eigenvalue weighted by Gasteiger charge is 2.61. The number of ether oxygens (including phenoxy) is 1. The summed E-state index contributed by atoms with van der Waals surface area (Å²) >= 11 is 0. The number of unbranched alkanes of at least 4 members (excludes halogenated alkanes) is 2. The van der Waals surface area contributed by atoms with Crippen molar-refractivity contribution in [3.63, 3.8) is 0 Å². The van der Waals surface area contributed by atoms with Crippen molar-refractivity contribution >= 4 is 23.5 Å². The number of nitrogens with zero attached hydrogens (tertiary/aromatic N) is 1. The van der Waals surface area contributed by atoms with Crippen LogP contribution in [0.25, 0.3) is 0 Å². The van der Waals surface area contributed by atoms with Gasteiger partial charge in [0.1, 0.15) is 0 Å². The fourth-order valence-electron chi connectivity index (χ4n) is 5.04. The van der Waals surface area contributed by atoms with E-state index in [1.54, 1.807) is 24.3 Å². The Balaban J connectivity index is 1.51. The molecular weight excluding hydrogens is 330 g/mol. The zero-order valence-electron chi connectivity index (χ0n) is 15.1. The third-order valence-corrected chi connectivity index (χ3v) is 6.25. The summed E-state index contributed by atoms with van der Waals surface area (Å²) in [5.74, 6) is -0.142. The number of benzene rings is 1. The van der Waals surface area contributed by atoms with Gasteiger partial charge in [-0.1, -0.05) is 25.8 Å². The van der Waals surface area contributed by atoms with E-state index in [0.29, 0.717) is 29.7 Å². The van der Waals surface area contributed by atoms with Gasteiger partial charge >= 0.3 is 5.97 Å². The van der Waals surface area contributed by atoms with E-state index in [-0.39, 0.29) is 23.7 Å². The molecule has 0 unspecified atom stereocenters. The monoisotopic (exact) mass is 355 g/mol. The van der Waals surface area contributed by atoms with Crippen molar-refractivity contribution in [1.82, 2.24) is 0 Å². The first-order chi connectivity index (χ1) is 12.6. The molecule has 1 aromatic rings. The summed E-state index contributed by atoms with van der Waals surface area (Å²) < 4.78 is 5.29. The lowest BCUT2D eigenvalue weighted by Gasteiger charge is -2.19. The third kappa shape index (κ3) is 2.74. The summed E-state index contributed by atoms with van der Waals surface area (Å²) in [4.78, 5) is 39.4. The largest absolute Gasteiger partial charge is 0.462 e. The predicted octanol–water partition coefficient (Wildman–Crippen LogP) is 3.57. The molecule has 0 radical (unpaired) electrons. The van der Waals surface area contributed by atoms with Gasteiger partial charge in [0.25, 0.3) is 0 Å². The van der Waals surface area contributed by atoms with Crippen LogP contribution in [0.4, 0.5) is 5.69 Å². The molecule has 4 atom stereocenters. The molecule has 3 aliphatic rings. The van der Waals surface area contributed by atoms with E-state index < -0.39 is 5.97 Å². The van der Waals surface area contributed by atoms with Gasteiger partial charge in [0, 0.05) is 0 Å². The zero-order valence-corrected chi connectivity index (χ0v) is 15.1. The van der Waals surface area contributed by atoms with Crippen molar-refractivity contribution in [2.45, 2.75) is 45.4 Å². The fourth-order valence-corrected chi connectivity index (χ4v) is 5.04. The maximum Gasteiger partial charge on any atom is 0.338 e. The van der Waals surface area contributed by atoms with Gasteiger partial charge in [0.15, 0.2) is 0 Å². The third-order valence-electron chi connectivity index (χ3n) is 6.25. The van der Waals surface area contributed by atoms with Crippen LogP contribution < -0.4 is 4.90 Å². The Labute approximate surface area is 153 Å². The minimum atomic E-state index is -0.401. The van der Waals surface area contributed by atoms with Crippen LogP contribution >= 0.6 is 0 Å². The number of anilines is 1. The zero-order chi connectivity index (χ0) is 18.3. The second kappa shape index (κ2) is 6.86. The van der Waals surface area contributed by atoms with Crippen molar-refractivity contribution in [1.29, 1.82) is 0 Å². The van der Waals surface area contributed by atoms with Crippen molar-refractivity contribution in [3.05, 3.63) is 29.8 Å². The lowest BCUT2D eigenvalue weighted by molar-refractivity contribution is -0.123. The van der Waals surface area contributed by atoms with Gasteiger partial charge in [-0.15, -0.1) is 0 Å². The van der Waals surface area contributed by atoms with Gasteiger partial charge in [-0.05, 0) is 55.7 Å². The summed E-state index contributed by atoms with van der Waals surface area (Å²) in [6.45, 7) is 2.49. The van der Waals surface area contributed by atoms with Crippen LogP contribution in [0.3, 0.4) is 0 Å². The fraction of sp³-hybridized carbons (Fsp3) is 0.571. The van der Waals surface area contributed by atoms with E-state index in [4.69, 9.17) is 4.74 Å². The second-order valence-electron chi connectivity index (χ2n) is 7.79. The molecular formula is C21H25NO4. The molecule has 1 saturated heterocycles. The topological polar surface area (TPSA) is 63.7 Å². The maximum absolute atomic E-state index is 12.9. The molecule has 3 fully saturated rings. The van der Waals surface area contributed by atoms with Crippen LogP contribution in [0.15, 0.2) is 24.3 Å². The van der Waals surface area contributed by atoms with Crippen LogP contribution in [-0.4, -0.2) is 24.4 Å². The van der Waals surface area contributed by atoms with Gasteiger partial charge < -0.3 is 4.74 Å². The van der Waals surface area contributed by atoms with Gasteiger partial charge in [-0.25, -0.2) is 4.79 Å². The quantitative estimate of drug-likeness (QED) is 0.445. The number of hydrogen-bond acceptors (Lipinski definition) is 4. The van der Waals surface area contributed by atoms with Gasteiger partial charge in [0.2, 0.25) is 11.8 Å². The number of fused-ring (bicyclic) bond motifs is 5. The first-order valence-corrected chi connectivity index (χ1v) is 9.76. The van der Waals surface area contributed by atoms with Crippen molar-refractivity contribution in [2.24, 2.45) is 23.7 Å². The number of carbonyl (C=O) groups is 3. The second-order valence-corrected chi connectivity index (χ2v) is 7.79. The number of rotatable bonds is 6. The van der Waals surface area contributed by atoms with Crippen LogP contribution in [0.2, 0.25) is 0 Å². The Morgan fingerprint density at radius 3 is 2.46 bits per heavy atom. The van der Waals surface area contributed by atoms with E-state index in [9.17, 15) is 14.4 Å². The molecule has 138 valence electrons. The Bertz CT molecular complexity index is 715. The van der Waals surface area contributed by atoms with E-state index >= 15 is 0 Å². The Kier molecular flexibility index (Phi) is 4.55. The van der Waals surface area contributed by atoms with E-state index in [0.717, 1.165) is 38.5 Å². The van der Waals surface area contributed by atoms with Crippen molar-refractivity contribution in [2.75, 3.05) is 11.5 Å². The first kappa shape index (κ1) is 17.3. The van der Waals surface area contributed by atoms with Gasteiger partial charge in [-0.2, -0.15) is 0 Å². The van der Waals surface area contributed by atoms with Crippen molar-refractivity contribution < 1.29 is 19.1 Å².